The highest BCUT2D eigenvalue weighted by atomic mass is 79.9. The Kier molecular flexibility index (Phi) is 4.68. The van der Waals surface area contributed by atoms with E-state index in [1.807, 2.05) is 12.3 Å². The van der Waals surface area contributed by atoms with Crippen molar-refractivity contribution in [1.29, 1.82) is 0 Å². The molecule has 1 unspecified atom stereocenters. The van der Waals surface area contributed by atoms with E-state index in [4.69, 9.17) is 0 Å². The number of hydrogen-bond donors (Lipinski definition) is 1. The Morgan fingerprint density at radius 2 is 2.19 bits per heavy atom. The van der Waals surface area contributed by atoms with Crippen molar-refractivity contribution in [2.45, 2.75) is 19.4 Å². The van der Waals surface area contributed by atoms with E-state index >= 15 is 0 Å². The smallest absolute Gasteiger partial charge is 0.0705 e. The first kappa shape index (κ1) is 14.7. The molecule has 1 N–H and O–H groups in total. The average molecular weight is 361 g/mol. The fraction of sp³-hybridized carbons (Fsp3) is 0.235. The summed E-state index contributed by atoms with van der Waals surface area (Å²) in [7, 11) is 0. The summed E-state index contributed by atoms with van der Waals surface area (Å²) in [6.45, 7) is 3.11. The van der Waals surface area contributed by atoms with E-state index in [1.165, 1.54) is 15.8 Å². The number of nitrogens with zero attached hydrogens (tertiary/aromatic N) is 1. The van der Waals surface area contributed by atoms with Crippen molar-refractivity contribution in [3.05, 3.63) is 62.9 Å². The molecule has 0 amide bonds. The second-order valence-corrected chi connectivity index (χ2v) is 6.87. The molecule has 21 heavy (non-hydrogen) atoms. The zero-order chi connectivity index (χ0) is 14.7. The molecule has 1 atom stereocenters. The molecule has 0 aliphatic carbocycles. The molecule has 0 bridgehead atoms. The predicted octanol–water partition coefficient (Wildman–Crippen LogP) is 4.95. The molecule has 0 aliphatic rings. The normalized spacial score (nSPS) is 12.7. The zero-order valence-corrected chi connectivity index (χ0v) is 14.2. The van der Waals surface area contributed by atoms with Crippen LogP contribution >= 0.6 is 27.3 Å². The number of halogens is 1. The van der Waals surface area contributed by atoms with Crippen LogP contribution in [-0.2, 0) is 6.42 Å². The van der Waals surface area contributed by atoms with Crippen LogP contribution in [0.4, 0.5) is 0 Å². The Morgan fingerprint density at radius 3 is 2.95 bits per heavy atom. The standard InChI is InChI=1S/C17H17BrN2S/c1-2-19-17(10-13-9-12(18)11-21-13)15-5-3-7-16-14(15)6-4-8-20-16/h3-9,11,17,19H,2,10H2,1H3. The van der Waals surface area contributed by atoms with Crippen LogP contribution in [0.3, 0.4) is 0 Å². The Bertz CT molecular complexity index is 733. The third-order valence-corrected chi connectivity index (χ3v) is 5.25. The maximum absolute atomic E-state index is 4.46. The summed E-state index contributed by atoms with van der Waals surface area (Å²) >= 11 is 5.34. The highest BCUT2D eigenvalue weighted by Crippen LogP contribution is 2.29. The number of thiophene rings is 1. The molecule has 0 saturated carbocycles. The van der Waals surface area contributed by atoms with Crippen LogP contribution in [0.2, 0.25) is 0 Å². The molecular weight excluding hydrogens is 344 g/mol. The lowest BCUT2D eigenvalue weighted by Gasteiger charge is -2.19. The first-order valence-corrected chi connectivity index (χ1v) is 8.75. The van der Waals surface area contributed by atoms with Crippen LogP contribution in [-0.4, -0.2) is 11.5 Å². The van der Waals surface area contributed by atoms with Crippen LogP contribution in [0.25, 0.3) is 10.9 Å². The molecule has 2 heterocycles. The van der Waals surface area contributed by atoms with Gasteiger partial charge in [0.2, 0.25) is 0 Å². The number of rotatable bonds is 5. The second kappa shape index (κ2) is 6.69. The van der Waals surface area contributed by atoms with Gasteiger partial charge in [-0.25, -0.2) is 0 Å². The molecule has 0 fully saturated rings. The first-order valence-electron chi connectivity index (χ1n) is 7.08. The van der Waals surface area contributed by atoms with Gasteiger partial charge in [0, 0.05) is 38.8 Å². The SMILES string of the molecule is CCNC(Cc1cc(Br)cs1)c1cccc2ncccc12. The number of benzene rings is 1. The molecule has 2 nitrogen and oxygen atoms in total. The Hall–Kier alpha value is -1.23. The Labute approximate surface area is 137 Å². The van der Waals surface area contributed by atoms with E-state index in [-0.39, 0.29) is 0 Å². The first-order chi connectivity index (χ1) is 10.3. The van der Waals surface area contributed by atoms with Crippen LogP contribution in [0.15, 0.2) is 52.4 Å². The van der Waals surface area contributed by atoms with Crippen molar-refractivity contribution in [1.82, 2.24) is 10.3 Å². The highest BCUT2D eigenvalue weighted by Gasteiger charge is 2.15. The van der Waals surface area contributed by atoms with Crippen molar-refractivity contribution in [3.8, 4) is 0 Å². The number of pyridine rings is 1. The quantitative estimate of drug-likeness (QED) is 0.695. The molecular formula is C17H17BrN2S. The maximum Gasteiger partial charge on any atom is 0.0705 e. The molecule has 0 radical (unpaired) electrons. The van der Waals surface area contributed by atoms with Gasteiger partial charge in [0.1, 0.15) is 0 Å². The summed E-state index contributed by atoms with van der Waals surface area (Å²) in [5.74, 6) is 0. The van der Waals surface area contributed by atoms with Crippen LogP contribution in [0, 0.1) is 0 Å². The number of likely N-dealkylation sites (N-methyl/N-ethyl adjacent to an activating group) is 1. The van der Waals surface area contributed by atoms with Crippen molar-refractivity contribution in [3.63, 3.8) is 0 Å². The van der Waals surface area contributed by atoms with Gasteiger partial charge in [0.05, 0.1) is 5.52 Å². The van der Waals surface area contributed by atoms with E-state index in [9.17, 15) is 0 Å². The number of hydrogen-bond acceptors (Lipinski definition) is 3. The van der Waals surface area contributed by atoms with Gasteiger partial charge in [-0.2, -0.15) is 0 Å². The molecule has 1 aromatic carbocycles. The molecule has 3 aromatic rings. The molecule has 0 spiro atoms. The molecule has 0 saturated heterocycles. The average Bonchev–Trinajstić information content (AvgIpc) is 2.91. The van der Waals surface area contributed by atoms with E-state index < -0.39 is 0 Å². The summed E-state index contributed by atoms with van der Waals surface area (Å²) in [6, 6.07) is 13.1. The van der Waals surface area contributed by atoms with Gasteiger partial charge in [0.15, 0.2) is 0 Å². The number of nitrogens with one attached hydrogen (secondary N) is 1. The van der Waals surface area contributed by atoms with Gasteiger partial charge in [-0.05, 0) is 46.2 Å². The van der Waals surface area contributed by atoms with Crippen molar-refractivity contribution in [2.24, 2.45) is 0 Å². The topological polar surface area (TPSA) is 24.9 Å². The van der Waals surface area contributed by atoms with Gasteiger partial charge in [0.25, 0.3) is 0 Å². The van der Waals surface area contributed by atoms with Gasteiger partial charge >= 0.3 is 0 Å². The third-order valence-electron chi connectivity index (χ3n) is 3.53. The molecule has 2 aromatic heterocycles. The lowest BCUT2D eigenvalue weighted by atomic mass is 9.98. The molecule has 4 heteroatoms. The largest absolute Gasteiger partial charge is 0.310 e. The fourth-order valence-corrected chi connectivity index (χ4v) is 4.13. The lowest BCUT2D eigenvalue weighted by Crippen LogP contribution is -2.22. The maximum atomic E-state index is 4.46. The van der Waals surface area contributed by atoms with E-state index in [0.29, 0.717) is 6.04 Å². The van der Waals surface area contributed by atoms with Gasteiger partial charge in [-0.1, -0.05) is 25.1 Å². The highest BCUT2D eigenvalue weighted by molar-refractivity contribution is 9.10. The summed E-state index contributed by atoms with van der Waals surface area (Å²) in [6.07, 6.45) is 2.85. The Balaban J connectivity index is 1.98. The third kappa shape index (κ3) is 3.34. The van der Waals surface area contributed by atoms with Crippen molar-refractivity contribution >= 4 is 38.2 Å². The van der Waals surface area contributed by atoms with E-state index in [0.717, 1.165) is 23.0 Å². The lowest BCUT2D eigenvalue weighted by molar-refractivity contribution is 0.557. The summed E-state index contributed by atoms with van der Waals surface area (Å²) in [5.41, 5.74) is 2.39. The van der Waals surface area contributed by atoms with E-state index in [1.54, 1.807) is 11.3 Å². The number of aromatic nitrogens is 1. The van der Waals surface area contributed by atoms with E-state index in [2.05, 4.69) is 68.9 Å². The van der Waals surface area contributed by atoms with Crippen molar-refractivity contribution in [2.75, 3.05) is 6.54 Å². The monoisotopic (exact) mass is 360 g/mol. The summed E-state index contributed by atoms with van der Waals surface area (Å²) in [5, 5.41) is 6.99. The minimum absolute atomic E-state index is 0.313. The summed E-state index contributed by atoms with van der Waals surface area (Å²) in [4.78, 5) is 5.85. The fourth-order valence-electron chi connectivity index (χ4n) is 2.63. The van der Waals surface area contributed by atoms with Crippen molar-refractivity contribution < 1.29 is 0 Å². The molecule has 108 valence electrons. The number of fused-ring (bicyclic) bond motifs is 1. The van der Waals surface area contributed by atoms with Crippen LogP contribution in [0.5, 0.6) is 0 Å². The molecule has 3 rings (SSSR count). The Morgan fingerprint density at radius 1 is 1.29 bits per heavy atom. The van der Waals surface area contributed by atoms with Gasteiger partial charge < -0.3 is 5.32 Å². The summed E-state index contributed by atoms with van der Waals surface area (Å²) < 4.78 is 1.16. The zero-order valence-electron chi connectivity index (χ0n) is 11.8. The molecule has 0 aliphatic heterocycles. The second-order valence-electron chi connectivity index (χ2n) is 4.96. The van der Waals surface area contributed by atoms with Crippen LogP contribution in [0.1, 0.15) is 23.4 Å². The van der Waals surface area contributed by atoms with Crippen LogP contribution < -0.4 is 5.32 Å². The van der Waals surface area contributed by atoms with Gasteiger partial charge in [-0.15, -0.1) is 11.3 Å². The minimum Gasteiger partial charge on any atom is -0.310 e. The predicted molar refractivity (Wildman–Crippen MR) is 93.9 cm³/mol. The minimum atomic E-state index is 0.313. The van der Waals surface area contributed by atoms with Gasteiger partial charge in [-0.3, -0.25) is 4.98 Å².